The molecule has 5 nitrogen and oxygen atoms in total. The minimum Gasteiger partial charge on any atom is -0.387 e. The number of hydrogen-bond acceptors (Lipinski definition) is 3. The van der Waals surface area contributed by atoms with Gasteiger partial charge in [-0.15, -0.1) is 0 Å². The van der Waals surface area contributed by atoms with Crippen molar-refractivity contribution in [3.63, 3.8) is 0 Å². The zero-order chi connectivity index (χ0) is 13.6. The summed E-state index contributed by atoms with van der Waals surface area (Å²) >= 11 is 0. The van der Waals surface area contributed by atoms with Crippen molar-refractivity contribution in [3.05, 3.63) is 34.2 Å². The van der Waals surface area contributed by atoms with Crippen molar-refractivity contribution in [1.29, 1.82) is 0 Å². The van der Waals surface area contributed by atoms with Crippen molar-refractivity contribution in [2.24, 2.45) is 0 Å². The molecule has 102 valence electrons. The van der Waals surface area contributed by atoms with E-state index in [9.17, 15) is 9.90 Å². The van der Waals surface area contributed by atoms with Gasteiger partial charge < -0.3 is 15.4 Å². The summed E-state index contributed by atoms with van der Waals surface area (Å²) in [5.74, 6) is 0. The lowest BCUT2D eigenvalue weighted by molar-refractivity contribution is 0.121. The lowest BCUT2D eigenvalue weighted by Crippen LogP contribution is -2.39. The van der Waals surface area contributed by atoms with Crippen molar-refractivity contribution < 1.29 is 5.11 Å². The minimum absolute atomic E-state index is 0.0232. The van der Waals surface area contributed by atoms with Crippen LogP contribution in [0.5, 0.6) is 0 Å². The first-order valence-electron chi connectivity index (χ1n) is 6.73. The first-order valence-corrected chi connectivity index (χ1v) is 6.73. The number of nitrogens with zero attached hydrogens (tertiary/aromatic N) is 1. The molecule has 2 heterocycles. The van der Waals surface area contributed by atoms with E-state index in [-0.39, 0.29) is 11.7 Å². The summed E-state index contributed by atoms with van der Waals surface area (Å²) < 4.78 is 1.73. The maximum Gasteiger partial charge on any atom is 0.326 e. The molecular formula is C14H19N3O2. The van der Waals surface area contributed by atoms with Crippen molar-refractivity contribution in [2.75, 3.05) is 0 Å². The van der Waals surface area contributed by atoms with Gasteiger partial charge >= 0.3 is 5.69 Å². The Kier molecular flexibility index (Phi) is 2.95. The zero-order valence-corrected chi connectivity index (χ0v) is 11.2. The molecule has 1 aromatic carbocycles. The van der Waals surface area contributed by atoms with Crippen LogP contribution < -0.4 is 11.0 Å². The average molecular weight is 261 g/mol. The van der Waals surface area contributed by atoms with E-state index in [1.54, 1.807) is 4.57 Å². The number of H-pyrrole nitrogens is 1. The van der Waals surface area contributed by atoms with Crippen LogP contribution in [-0.4, -0.2) is 26.7 Å². The molecule has 0 saturated heterocycles. The average Bonchev–Trinajstić information content (AvgIpc) is 2.61. The molecule has 0 amide bonds. The predicted octanol–water partition coefficient (Wildman–Crippen LogP) is 1.13. The van der Waals surface area contributed by atoms with Gasteiger partial charge in [-0.2, -0.15) is 0 Å². The molecule has 2 aromatic rings. The van der Waals surface area contributed by atoms with E-state index in [4.69, 9.17) is 0 Å². The van der Waals surface area contributed by atoms with Gasteiger partial charge in [-0.25, -0.2) is 4.79 Å². The number of aliphatic hydroxyl groups excluding tert-OH is 1. The van der Waals surface area contributed by atoms with E-state index >= 15 is 0 Å². The Balaban J connectivity index is 2.14. The molecule has 1 aliphatic rings. The maximum atomic E-state index is 11.9. The second-order valence-corrected chi connectivity index (χ2v) is 5.49. The SMILES string of the molecule is CC(C)N[C@H]1CCn2c(=O)[nH]c3cccc(c32)[C@@H]1O. The lowest BCUT2D eigenvalue weighted by atomic mass is 9.99. The van der Waals surface area contributed by atoms with Crippen molar-refractivity contribution >= 4 is 11.0 Å². The summed E-state index contributed by atoms with van der Waals surface area (Å²) in [6.45, 7) is 4.74. The van der Waals surface area contributed by atoms with E-state index < -0.39 is 6.10 Å². The second kappa shape index (κ2) is 4.51. The second-order valence-electron chi connectivity index (χ2n) is 5.49. The van der Waals surface area contributed by atoms with Gasteiger partial charge in [-0.05, 0) is 12.5 Å². The Labute approximate surface area is 111 Å². The lowest BCUT2D eigenvalue weighted by Gasteiger charge is -2.24. The Morgan fingerprint density at radius 3 is 3.00 bits per heavy atom. The van der Waals surface area contributed by atoms with E-state index in [1.165, 1.54) is 0 Å². The molecule has 0 aliphatic carbocycles. The number of para-hydroxylation sites is 1. The van der Waals surface area contributed by atoms with E-state index in [0.29, 0.717) is 12.6 Å². The number of benzene rings is 1. The molecular weight excluding hydrogens is 242 g/mol. The van der Waals surface area contributed by atoms with Crippen LogP contribution in [0.2, 0.25) is 0 Å². The standard InChI is InChI=1S/C14H19N3O2/c1-8(2)15-11-6-7-17-12-9(13(11)18)4-3-5-10(12)16-14(17)19/h3-5,8,11,13,15,18H,6-7H2,1-2H3,(H,16,19)/t11-,13-/m0/s1. The third kappa shape index (κ3) is 1.99. The molecule has 5 heteroatoms. The highest BCUT2D eigenvalue weighted by Gasteiger charge is 2.28. The number of hydrogen-bond donors (Lipinski definition) is 3. The zero-order valence-electron chi connectivity index (χ0n) is 11.2. The Bertz CT molecular complexity index is 656. The van der Waals surface area contributed by atoms with Gasteiger partial charge in [0.15, 0.2) is 0 Å². The minimum atomic E-state index is -0.588. The van der Waals surface area contributed by atoms with Crippen molar-refractivity contribution in [2.45, 2.75) is 45.0 Å². The van der Waals surface area contributed by atoms with Crippen LogP contribution in [-0.2, 0) is 6.54 Å². The molecule has 19 heavy (non-hydrogen) atoms. The van der Waals surface area contributed by atoms with Crippen LogP contribution in [0.3, 0.4) is 0 Å². The number of nitrogens with one attached hydrogen (secondary N) is 2. The Hall–Kier alpha value is -1.59. The summed E-state index contributed by atoms with van der Waals surface area (Å²) in [5.41, 5.74) is 2.37. The highest BCUT2D eigenvalue weighted by Crippen LogP contribution is 2.29. The van der Waals surface area contributed by atoms with E-state index in [0.717, 1.165) is 23.0 Å². The third-order valence-electron chi connectivity index (χ3n) is 3.73. The van der Waals surface area contributed by atoms with Gasteiger partial charge in [-0.3, -0.25) is 4.57 Å². The Morgan fingerprint density at radius 1 is 1.47 bits per heavy atom. The normalized spacial score (nSPS) is 22.9. The fraction of sp³-hybridized carbons (Fsp3) is 0.500. The monoisotopic (exact) mass is 261 g/mol. The quantitative estimate of drug-likeness (QED) is 0.759. The highest BCUT2D eigenvalue weighted by atomic mass is 16.3. The molecule has 0 unspecified atom stereocenters. The summed E-state index contributed by atoms with van der Waals surface area (Å²) in [6.07, 6.45) is 0.149. The number of rotatable bonds is 2. The molecule has 1 aromatic heterocycles. The predicted molar refractivity (Wildman–Crippen MR) is 74.2 cm³/mol. The fourth-order valence-corrected chi connectivity index (χ4v) is 2.95. The fourth-order valence-electron chi connectivity index (χ4n) is 2.95. The van der Waals surface area contributed by atoms with Gasteiger partial charge in [0.2, 0.25) is 0 Å². The number of imidazole rings is 1. The largest absolute Gasteiger partial charge is 0.387 e. The third-order valence-corrected chi connectivity index (χ3v) is 3.73. The number of aromatic amines is 1. The van der Waals surface area contributed by atoms with Crippen LogP contribution >= 0.6 is 0 Å². The molecule has 0 spiro atoms. The molecule has 0 saturated carbocycles. The molecule has 3 rings (SSSR count). The summed E-state index contributed by atoms with van der Waals surface area (Å²) in [5, 5.41) is 14.0. The molecule has 0 fully saturated rings. The highest BCUT2D eigenvalue weighted by molar-refractivity contribution is 5.79. The summed E-state index contributed by atoms with van der Waals surface area (Å²) in [4.78, 5) is 14.8. The maximum absolute atomic E-state index is 11.9. The van der Waals surface area contributed by atoms with Gasteiger partial charge in [0.1, 0.15) is 0 Å². The Morgan fingerprint density at radius 2 is 2.26 bits per heavy atom. The molecule has 0 bridgehead atoms. The van der Waals surface area contributed by atoms with Crippen LogP contribution in [0.1, 0.15) is 31.9 Å². The van der Waals surface area contributed by atoms with Crippen LogP contribution in [0.15, 0.2) is 23.0 Å². The van der Waals surface area contributed by atoms with Gasteiger partial charge in [-0.1, -0.05) is 26.0 Å². The van der Waals surface area contributed by atoms with E-state index in [2.05, 4.69) is 24.1 Å². The van der Waals surface area contributed by atoms with Crippen LogP contribution in [0, 0.1) is 0 Å². The topological polar surface area (TPSA) is 70.0 Å². The van der Waals surface area contributed by atoms with Gasteiger partial charge in [0, 0.05) is 24.2 Å². The van der Waals surface area contributed by atoms with Crippen LogP contribution in [0.4, 0.5) is 0 Å². The van der Waals surface area contributed by atoms with E-state index in [1.807, 2.05) is 18.2 Å². The summed E-state index contributed by atoms with van der Waals surface area (Å²) in [6, 6.07) is 5.93. The number of aliphatic hydroxyl groups is 1. The smallest absolute Gasteiger partial charge is 0.326 e. The first-order chi connectivity index (χ1) is 9.08. The molecule has 2 atom stereocenters. The van der Waals surface area contributed by atoms with Crippen LogP contribution in [0.25, 0.3) is 11.0 Å². The molecule has 0 radical (unpaired) electrons. The first kappa shape index (κ1) is 12.4. The van der Waals surface area contributed by atoms with Crippen molar-refractivity contribution in [3.8, 4) is 0 Å². The number of aromatic nitrogens is 2. The molecule has 3 N–H and O–H groups in total. The van der Waals surface area contributed by atoms with Gasteiger partial charge in [0.25, 0.3) is 0 Å². The number of aryl methyl sites for hydroxylation is 1. The van der Waals surface area contributed by atoms with Gasteiger partial charge in [0.05, 0.1) is 17.1 Å². The summed E-state index contributed by atoms with van der Waals surface area (Å²) in [7, 11) is 0. The molecule has 1 aliphatic heterocycles. The van der Waals surface area contributed by atoms with Crippen molar-refractivity contribution in [1.82, 2.24) is 14.9 Å².